The van der Waals surface area contributed by atoms with E-state index >= 15 is 0 Å². The lowest BCUT2D eigenvalue weighted by atomic mass is 9.96. The molecule has 2 atom stereocenters. The van der Waals surface area contributed by atoms with Crippen LogP contribution in [0.2, 0.25) is 0 Å². The van der Waals surface area contributed by atoms with Crippen LogP contribution in [-0.2, 0) is 4.79 Å². The summed E-state index contributed by atoms with van der Waals surface area (Å²) in [6, 6.07) is 1.18. The van der Waals surface area contributed by atoms with Gasteiger partial charge in [0.2, 0.25) is 5.91 Å². The molecule has 2 bridgehead atoms. The second kappa shape index (κ2) is 4.94. The van der Waals surface area contributed by atoms with Crippen LogP contribution in [-0.4, -0.2) is 37.9 Å². The molecule has 2 saturated heterocycles. The van der Waals surface area contributed by atoms with E-state index in [4.69, 9.17) is 0 Å². The second-order valence-corrected chi connectivity index (χ2v) is 6.26. The van der Waals surface area contributed by atoms with Crippen molar-refractivity contribution in [1.82, 2.24) is 19.9 Å². The normalized spacial score (nSPS) is 30.1. The van der Waals surface area contributed by atoms with Gasteiger partial charge in [-0.25, -0.2) is 0 Å². The highest BCUT2D eigenvalue weighted by Gasteiger charge is 2.43. The van der Waals surface area contributed by atoms with E-state index in [0.29, 0.717) is 36.4 Å². The lowest BCUT2D eigenvalue weighted by Gasteiger charge is -2.38. The molecule has 0 radical (unpaired) electrons. The summed E-state index contributed by atoms with van der Waals surface area (Å²) in [4.78, 5) is 16.3. The molecular formula is C14H22N4O. The molecule has 19 heavy (non-hydrogen) atoms. The Hall–Kier alpha value is -1.39. The Bertz CT molecular complexity index is 428. The van der Waals surface area contributed by atoms with Crippen LogP contribution < -0.4 is 0 Å². The summed E-state index contributed by atoms with van der Waals surface area (Å²) in [5, 5.41) is 8.51. The number of fused-ring (bicyclic) bond motifs is 2. The number of nitrogens with zero attached hydrogens (tertiary/aromatic N) is 4. The van der Waals surface area contributed by atoms with Crippen LogP contribution in [0.4, 0.5) is 0 Å². The smallest absolute Gasteiger partial charge is 0.223 e. The molecule has 1 aromatic heterocycles. The predicted octanol–water partition coefficient (Wildman–Crippen LogP) is 2.02. The standard InChI is InChI=1S/C14H22N4O/c1-10(2)7-14(19)17-11-3-4-12(17)9-13(8-11)18-15-5-6-16-18/h5-6,10-13H,3-4,7-9H2,1-2H3. The second-order valence-electron chi connectivity index (χ2n) is 6.26. The fourth-order valence-corrected chi connectivity index (χ4v) is 3.61. The number of amides is 1. The third kappa shape index (κ3) is 2.38. The van der Waals surface area contributed by atoms with E-state index in [9.17, 15) is 4.79 Å². The predicted molar refractivity (Wildman–Crippen MR) is 71.4 cm³/mol. The Morgan fingerprint density at radius 1 is 1.16 bits per heavy atom. The molecule has 5 nitrogen and oxygen atoms in total. The number of aromatic nitrogens is 3. The maximum absolute atomic E-state index is 12.4. The average Bonchev–Trinajstić information content (AvgIpc) is 2.95. The molecule has 0 spiro atoms. The minimum Gasteiger partial charge on any atom is -0.337 e. The van der Waals surface area contributed by atoms with Crippen molar-refractivity contribution in [2.45, 2.75) is 64.1 Å². The molecule has 3 heterocycles. The van der Waals surface area contributed by atoms with Crippen molar-refractivity contribution in [2.24, 2.45) is 5.92 Å². The van der Waals surface area contributed by atoms with Gasteiger partial charge in [0, 0.05) is 18.5 Å². The quantitative estimate of drug-likeness (QED) is 0.837. The van der Waals surface area contributed by atoms with Crippen molar-refractivity contribution in [3.05, 3.63) is 12.4 Å². The summed E-state index contributed by atoms with van der Waals surface area (Å²) in [6.45, 7) is 4.22. The molecule has 2 unspecified atom stereocenters. The van der Waals surface area contributed by atoms with E-state index in [0.717, 1.165) is 25.7 Å². The summed E-state index contributed by atoms with van der Waals surface area (Å²) in [5.41, 5.74) is 0. The highest BCUT2D eigenvalue weighted by atomic mass is 16.2. The first-order chi connectivity index (χ1) is 9.15. The first kappa shape index (κ1) is 12.6. The SMILES string of the molecule is CC(C)CC(=O)N1C2CCC1CC(n1nccn1)C2. The van der Waals surface area contributed by atoms with Crippen molar-refractivity contribution >= 4 is 5.91 Å². The number of carbonyl (C=O) groups excluding carboxylic acids is 1. The van der Waals surface area contributed by atoms with E-state index in [-0.39, 0.29) is 0 Å². The van der Waals surface area contributed by atoms with E-state index in [1.807, 2.05) is 4.80 Å². The van der Waals surface area contributed by atoms with Gasteiger partial charge < -0.3 is 4.90 Å². The first-order valence-corrected chi connectivity index (χ1v) is 7.32. The molecule has 2 aliphatic rings. The van der Waals surface area contributed by atoms with Crippen LogP contribution in [0.3, 0.4) is 0 Å². The van der Waals surface area contributed by atoms with Gasteiger partial charge in [-0.3, -0.25) is 4.79 Å². The third-order valence-electron chi connectivity index (χ3n) is 4.34. The maximum Gasteiger partial charge on any atom is 0.223 e. The number of carbonyl (C=O) groups is 1. The number of piperidine rings is 1. The van der Waals surface area contributed by atoms with Gasteiger partial charge in [-0.05, 0) is 31.6 Å². The van der Waals surface area contributed by atoms with Gasteiger partial charge in [0.1, 0.15) is 0 Å². The van der Waals surface area contributed by atoms with Crippen molar-refractivity contribution in [3.8, 4) is 0 Å². The molecule has 0 N–H and O–H groups in total. The molecule has 5 heteroatoms. The fourth-order valence-electron chi connectivity index (χ4n) is 3.61. The van der Waals surface area contributed by atoms with Gasteiger partial charge in [0.15, 0.2) is 0 Å². The average molecular weight is 262 g/mol. The largest absolute Gasteiger partial charge is 0.337 e. The zero-order chi connectivity index (χ0) is 13.4. The van der Waals surface area contributed by atoms with Gasteiger partial charge in [0.25, 0.3) is 0 Å². The summed E-state index contributed by atoms with van der Waals surface area (Å²) in [5.74, 6) is 0.784. The van der Waals surface area contributed by atoms with Crippen molar-refractivity contribution in [2.75, 3.05) is 0 Å². The molecular weight excluding hydrogens is 240 g/mol. The number of hydrogen-bond acceptors (Lipinski definition) is 3. The van der Waals surface area contributed by atoms with Crippen molar-refractivity contribution in [3.63, 3.8) is 0 Å². The summed E-state index contributed by atoms with van der Waals surface area (Å²) >= 11 is 0. The first-order valence-electron chi connectivity index (χ1n) is 7.32. The highest BCUT2D eigenvalue weighted by Crippen LogP contribution is 2.40. The molecule has 0 aliphatic carbocycles. The Kier molecular flexibility index (Phi) is 3.29. The summed E-state index contributed by atoms with van der Waals surface area (Å²) < 4.78 is 0. The zero-order valence-electron chi connectivity index (χ0n) is 11.7. The maximum atomic E-state index is 12.4. The van der Waals surface area contributed by atoms with Crippen molar-refractivity contribution < 1.29 is 4.79 Å². The Labute approximate surface area is 114 Å². The summed E-state index contributed by atoms with van der Waals surface area (Å²) in [6.07, 6.45) is 8.46. The summed E-state index contributed by atoms with van der Waals surface area (Å²) in [7, 11) is 0. The van der Waals surface area contributed by atoms with Gasteiger partial charge in [-0.1, -0.05) is 13.8 Å². The van der Waals surface area contributed by atoms with Crippen LogP contribution in [0.1, 0.15) is 52.0 Å². The lowest BCUT2D eigenvalue weighted by Crippen LogP contribution is -2.47. The van der Waals surface area contributed by atoms with E-state index < -0.39 is 0 Å². The van der Waals surface area contributed by atoms with Crippen LogP contribution in [0.15, 0.2) is 12.4 Å². The Balaban J connectivity index is 1.71. The van der Waals surface area contributed by atoms with E-state index in [1.165, 1.54) is 0 Å². The molecule has 104 valence electrons. The van der Waals surface area contributed by atoms with Crippen LogP contribution in [0.5, 0.6) is 0 Å². The Morgan fingerprint density at radius 2 is 1.74 bits per heavy atom. The minimum absolute atomic E-state index is 0.342. The molecule has 0 saturated carbocycles. The number of hydrogen-bond donors (Lipinski definition) is 0. The highest BCUT2D eigenvalue weighted by molar-refractivity contribution is 5.77. The molecule has 2 aliphatic heterocycles. The van der Waals surface area contributed by atoms with Crippen LogP contribution >= 0.6 is 0 Å². The minimum atomic E-state index is 0.342. The van der Waals surface area contributed by atoms with Gasteiger partial charge >= 0.3 is 0 Å². The fraction of sp³-hybridized carbons (Fsp3) is 0.786. The van der Waals surface area contributed by atoms with Gasteiger partial charge in [-0.15, -0.1) is 0 Å². The van der Waals surface area contributed by atoms with Crippen LogP contribution in [0.25, 0.3) is 0 Å². The molecule has 2 fully saturated rings. The van der Waals surface area contributed by atoms with E-state index in [1.54, 1.807) is 12.4 Å². The monoisotopic (exact) mass is 262 g/mol. The molecule has 3 rings (SSSR count). The molecule has 1 amide bonds. The van der Waals surface area contributed by atoms with Crippen molar-refractivity contribution in [1.29, 1.82) is 0 Å². The Morgan fingerprint density at radius 3 is 2.26 bits per heavy atom. The van der Waals surface area contributed by atoms with E-state index in [2.05, 4.69) is 28.9 Å². The zero-order valence-corrected chi connectivity index (χ0v) is 11.7. The molecule has 1 aromatic rings. The molecule has 0 aromatic carbocycles. The lowest BCUT2D eigenvalue weighted by molar-refractivity contribution is -0.137. The van der Waals surface area contributed by atoms with Gasteiger partial charge in [0.05, 0.1) is 18.4 Å². The van der Waals surface area contributed by atoms with Crippen LogP contribution in [0, 0.1) is 5.92 Å². The van der Waals surface area contributed by atoms with Gasteiger partial charge in [-0.2, -0.15) is 15.0 Å². The topological polar surface area (TPSA) is 51.0 Å². The number of rotatable bonds is 3. The third-order valence-corrected chi connectivity index (χ3v) is 4.34.